The lowest BCUT2D eigenvalue weighted by Gasteiger charge is -2.33. The molecule has 1 aliphatic rings. The first-order chi connectivity index (χ1) is 14.9. The Morgan fingerprint density at radius 3 is 2.52 bits per heavy atom. The van der Waals surface area contributed by atoms with Gasteiger partial charge in [0, 0.05) is 45.0 Å². The molecule has 2 atom stereocenters. The molecule has 2 aromatic rings. The monoisotopic (exact) mass is 424 g/mol. The first-order valence-corrected chi connectivity index (χ1v) is 11.7. The second-order valence-corrected chi connectivity index (χ2v) is 9.08. The summed E-state index contributed by atoms with van der Waals surface area (Å²) in [6.45, 7) is 11.8. The van der Waals surface area contributed by atoms with Crippen LogP contribution in [0.25, 0.3) is 0 Å². The number of hydrogen-bond acceptors (Lipinski definition) is 3. The van der Waals surface area contributed by atoms with Gasteiger partial charge in [-0.2, -0.15) is 5.10 Å². The highest BCUT2D eigenvalue weighted by molar-refractivity contribution is 5.79. The molecule has 0 amide bonds. The van der Waals surface area contributed by atoms with E-state index in [1.807, 2.05) is 18.8 Å². The first kappa shape index (κ1) is 23.3. The average Bonchev–Trinajstić information content (AvgIpc) is 2.99. The molecule has 2 unspecified atom stereocenters. The zero-order chi connectivity index (χ0) is 22.4. The predicted octanol–water partition coefficient (Wildman–Crippen LogP) is 3.71. The summed E-state index contributed by atoms with van der Waals surface area (Å²) >= 11 is 0. The predicted molar refractivity (Wildman–Crippen MR) is 129 cm³/mol. The van der Waals surface area contributed by atoms with Crippen LogP contribution >= 0.6 is 0 Å². The van der Waals surface area contributed by atoms with Gasteiger partial charge in [-0.3, -0.25) is 14.6 Å². The fourth-order valence-electron chi connectivity index (χ4n) is 4.47. The standard InChI is InChI=1S/C25H40N6/c1-18(15-24-20(3)29-30(6)21(24)4)28-25(26-5)27-16-22-10-12-23(13-11-22)17-31-14-8-7-9-19(31)2/h10-13,18-19H,7-9,14-17H2,1-6H3,(H2,26,27,28). The summed E-state index contributed by atoms with van der Waals surface area (Å²) in [5.74, 6) is 0.831. The molecule has 170 valence electrons. The van der Waals surface area contributed by atoms with Crippen molar-refractivity contribution in [1.82, 2.24) is 25.3 Å². The third-order valence-corrected chi connectivity index (χ3v) is 6.59. The Hall–Kier alpha value is -2.34. The molecule has 3 rings (SSSR count). The van der Waals surface area contributed by atoms with Crippen molar-refractivity contribution in [2.24, 2.45) is 12.0 Å². The molecule has 0 spiro atoms. The number of benzene rings is 1. The van der Waals surface area contributed by atoms with E-state index in [1.54, 1.807) is 0 Å². The highest BCUT2D eigenvalue weighted by Gasteiger charge is 2.18. The van der Waals surface area contributed by atoms with Crippen LogP contribution in [0.1, 0.15) is 61.2 Å². The van der Waals surface area contributed by atoms with E-state index in [9.17, 15) is 0 Å². The topological polar surface area (TPSA) is 57.5 Å². The third-order valence-electron chi connectivity index (χ3n) is 6.59. The number of rotatable bonds is 7. The maximum atomic E-state index is 4.53. The van der Waals surface area contributed by atoms with Gasteiger partial charge >= 0.3 is 0 Å². The molecular formula is C25H40N6. The molecule has 1 aromatic carbocycles. The van der Waals surface area contributed by atoms with E-state index in [-0.39, 0.29) is 6.04 Å². The van der Waals surface area contributed by atoms with Crippen molar-refractivity contribution in [1.29, 1.82) is 0 Å². The van der Waals surface area contributed by atoms with Gasteiger partial charge in [0.1, 0.15) is 0 Å². The van der Waals surface area contributed by atoms with Crippen LogP contribution in [-0.4, -0.2) is 46.3 Å². The van der Waals surface area contributed by atoms with Gasteiger partial charge in [-0.05, 0) is 70.2 Å². The molecule has 0 aliphatic carbocycles. The molecule has 2 heterocycles. The minimum Gasteiger partial charge on any atom is -0.354 e. The van der Waals surface area contributed by atoms with Crippen LogP contribution in [0.4, 0.5) is 0 Å². The lowest BCUT2D eigenvalue weighted by atomic mass is 10.0. The van der Waals surface area contributed by atoms with E-state index in [0.29, 0.717) is 6.04 Å². The molecule has 2 N–H and O–H groups in total. The van der Waals surface area contributed by atoms with Crippen molar-refractivity contribution in [3.8, 4) is 0 Å². The van der Waals surface area contributed by atoms with Gasteiger partial charge in [-0.1, -0.05) is 30.7 Å². The fourth-order valence-corrected chi connectivity index (χ4v) is 4.47. The van der Waals surface area contributed by atoms with Gasteiger partial charge in [0.2, 0.25) is 0 Å². The summed E-state index contributed by atoms with van der Waals surface area (Å²) < 4.78 is 1.96. The van der Waals surface area contributed by atoms with Crippen molar-refractivity contribution in [2.75, 3.05) is 13.6 Å². The number of likely N-dealkylation sites (tertiary alicyclic amines) is 1. The van der Waals surface area contributed by atoms with Gasteiger partial charge in [-0.15, -0.1) is 0 Å². The highest BCUT2D eigenvalue weighted by atomic mass is 15.3. The van der Waals surface area contributed by atoms with Crippen LogP contribution in [0.5, 0.6) is 0 Å². The normalized spacial score (nSPS) is 18.8. The SMILES string of the molecule is CN=C(NCc1ccc(CN2CCCCC2C)cc1)NC(C)Cc1c(C)nn(C)c1C. The Labute approximate surface area is 188 Å². The maximum absolute atomic E-state index is 4.53. The van der Waals surface area contributed by atoms with Crippen LogP contribution in [0.2, 0.25) is 0 Å². The summed E-state index contributed by atoms with van der Waals surface area (Å²) in [5, 5.41) is 11.5. The first-order valence-electron chi connectivity index (χ1n) is 11.7. The zero-order valence-corrected chi connectivity index (χ0v) is 20.2. The van der Waals surface area contributed by atoms with Crippen LogP contribution in [0.3, 0.4) is 0 Å². The van der Waals surface area contributed by atoms with Crippen molar-refractivity contribution in [3.63, 3.8) is 0 Å². The summed E-state index contributed by atoms with van der Waals surface area (Å²) in [5.41, 5.74) is 6.32. The second kappa shape index (κ2) is 10.8. The van der Waals surface area contributed by atoms with E-state index in [1.165, 1.54) is 48.2 Å². The molecule has 1 aromatic heterocycles. The maximum Gasteiger partial charge on any atom is 0.191 e. The van der Waals surface area contributed by atoms with Gasteiger partial charge in [0.15, 0.2) is 5.96 Å². The molecule has 0 radical (unpaired) electrons. The molecule has 1 aliphatic heterocycles. The number of nitrogens with one attached hydrogen (secondary N) is 2. The van der Waals surface area contributed by atoms with E-state index < -0.39 is 0 Å². The number of aryl methyl sites for hydroxylation is 2. The van der Waals surface area contributed by atoms with Crippen LogP contribution in [0.15, 0.2) is 29.3 Å². The van der Waals surface area contributed by atoms with Crippen LogP contribution < -0.4 is 10.6 Å². The van der Waals surface area contributed by atoms with Crippen molar-refractivity contribution < 1.29 is 0 Å². The number of aliphatic imine (C=N–C) groups is 1. The minimum atomic E-state index is 0.265. The van der Waals surface area contributed by atoms with Crippen LogP contribution in [0, 0.1) is 13.8 Å². The quantitative estimate of drug-likeness (QED) is 0.526. The number of hydrogen-bond donors (Lipinski definition) is 2. The van der Waals surface area contributed by atoms with Crippen molar-refractivity contribution in [2.45, 2.75) is 78.6 Å². The van der Waals surface area contributed by atoms with Gasteiger partial charge in [-0.25, -0.2) is 0 Å². The molecule has 1 saturated heterocycles. The summed E-state index contributed by atoms with van der Waals surface area (Å²) in [4.78, 5) is 7.01. The Kier molecular flexibility index (Phi) is 8.13. The molecule has 1 fully saturated rings. The van der Waals surface area contributed by atoms with E-state index >= 15 is 0 Å². The molecule has 6 heteroatoms. The smallest absolute Gasteiger partial charge is 0.191 e. The lowest BCUT2D eigenvalue weighted by Crippen LogP contribution is -2.42. The van der Waals surface area contributed by atoms with Gasteiger partial charge < -0.3 is 10.6 Å². The lowest BCUT2D eigenvalue weighted by molar-refractivity contribution is 0.152. The van der Waals surface area contributed by atoms with E-state index in [2.05, 4.69) is 77.6 Å². The highest BCUT2D eigenvalue weighted by Crippen LogP contribution is 2.19. The van der Waals surface area contributed by atoms with E-state index in [4.69, 9.17) is 0 Å². The largest absolute Gasteiger partial charge is 0.354 e. The Morgan fingerprint density at radius 1 is 1.19 bits per heavy atom. The Balaban J connectivity index is 1.48. The average molecular weight is 425 g/mol. The van der Waals surface area contributed by atoms with Crippen LogP contribution in [-0.2, 0) is 26.6 Å². The Bertz CT molecular complexity index is 867. The molecule has 0 saturated carbocycles. The number of nitrogens with zero attached hydrogens (tertiary/aromatic N) is 4. The molecule has 6 nitrogen and oxygen atoms in total. The van der Waals surface area contributed by atoms with Gasteiger partial charge in [0.25, 0.3) is 0 Å². The number of piperidine rings is 1. The zero-order valence-electron chi connectivity index (χ0n) is 20.2. The fraction of sp³-hybridized carbons (Fsp3) is 0.600. The number of aromatic nitrogens is 2. The van der Waals surface area contributed by atoms with E-state index in [0.717, 1.165) is 31.2 Å². The summed E-state index contributed by atoms with van der Waals surface area (Å²) in [6, 6.07) is 9.97. The Morgan fingerprint density at radius 2 is 1.90 bits per heavy atom. The van der Waals surface area contributed by atoms with Crippen molar-refractivity contribution in [3.05, 3.63) is 52.3 Å². The molecule has 0 bridgehead atoms. The van der Waals surface area contributed by atoms with Gasteiger partial charge in [0.05, 0.1) is 5.69 Å². The summed E-state index contributed by atoms with van der Waals surface area (Å²) in [6.07, 6.45) is 4.96. The molecular weight excluding hydrogens is 384 g/mol. The number of guanidine groups is 1. The minimum absolute atomic E-state index is 0.265. The third kappa shape index (κ3) is 6.33. The van der Waals surface area contributed by atoms with Crippen molar-refractivity contribution >= 4 is 5.96 Å². The summed E-state index contributed by atoms with van der Waals surface area (Å²) in [7, 11) is 3.83. The second-order valence-electron chi connectivity index (χ2n) is 9.08. The molecule has 31 heavy (non-hydrogen) atoms.